The fourth-order valence-electron chi connectivity index (χ4n) is 0.247. The van der Waals surface area contributed by atoms with Gasteiger partial charge in [-0.25, -0.2) is 9.00 Å². The molecule has 0 bridgehead atoms. The van der Waals surface area contributed by atoms with E-state index in [4.69, 9.17) is 0 Å². The minimum atomic E-state index is -3.99. The molecule has 5 nitrogen and oxygen atoms in total. The Morgan fingerprint density at radius 3 is 2.58 bits per heavy atom. The van der Waals surface area contributed by atoms with Gasteiger partial charge in [0.25, 0.3) is 0 Å². The molecule has 0 aromatic carbocycles. The summed E-state index contributed by atoms with van der Waals surface area (Å²) in [5.41, 5.74) is 0. The number of hydrogen-bond acceptors (Lipinski definition) is 6. The third-order valence-corrected chi connectivity index (χ3v) is 1.23. The van der Waals surface area contributed by atoms with Crippen LogP contribution in [0.2, 0.25) is 0 Å². The Morgan fingerprint density at radius 2 is 2.25 bits per heavy atom. The Morgan fingerprint density at radius 1 is 1.75 bits per heavy atom. The van der Waals surface area contributed by atoms with Crippen LogP contribution in [0.1, 0.15) is 0 Å². The van der Waals surface area contributed by atoms with Crippen LogP contribution in [0.5, 0.6) is 0 Å². The summed E-state index contributed by atoms with van der Waals surface area (Å²) in [5.74, 6) is -0.867. The van der Waals surface area contributed by atoms with Crippen LogP contribution >= 0.6 is 0 Å². The summed E-state index contributed by atoms with van der Waals surface area (Å²) in [6, 6.07) is 0. The molecule has 8 heteroatoms. The van der Waals surface area contributed by atoms with E-state index < -0.39 is 21.6 Å². The van der Waals surface area contributed by atoms with Crippen LogP contribution < -0.4 is 29.6 Å². The number of esters is 1. The second kappa shape index (κ2) is 6.96. The summed E-state index contributed by atoms with van der Waals surface area (Å²) in [4.78, 5) is 10.4. The number of hydrogen-bond donors (Lipinski definition) is 0. The maximum atomic E-state index is 10.4. The van der Waals surface area contributed by atoms with Gasteiger partial charge in [0.1, 0.15) is 0 Å². The molecular formula is C4H5NaO5S2. The van der Waals surface area contributed by atoms with Gasteiger partial charge in [0, 0.05) is 0 Å². The maximum absolute atomic E-state index is 10.4. The number of rotatable bonds is 4. The Kier molecular flexibility index (Phi) is 8.69. The quantitative estimate of drug-likeness (QED) is 0.278. The van der Waals surface area contributed by atoms with Crippen molar-refractivity contribution in [3.8, 4) is 0 Å². The third kappa shape index (κ3) is 10.5. The van der Waals surface area contributed by atoms with Crippen LogP contribution in [0.25, 0.3) is 0 Å². The Hall–Kier alpha value is 0.500. The van der Waals surface area contributed by atoms with Crippen molar-refractivity contribution in [2.75, 3.05) is 6.61 Å². The molecule has 0 fully saturated rings. The van der Waals surface area contributed by atoms with Crippen molar-refractivity contribution in [1.29, 1.82) is 0 Å². The van der Waals surface area contributed by atoms with Gasteiger partial charge in [-0.2, -0.15) is 0 Å². The SMILES string of the molecule is C=COC(=O)COS(=O)([O-])=S.[Na+]. The zero-order valence-corrected chi connectivity index (χ0v) is 9.98. The molecule has 0 rings (SSSR count). The molecule has 1 atom stereocenters. The predicted octanol–water partition coefficient (Wildman–Crippen LogP) is -3.51. The minimum absolute atomic E-state index is 0. The molecule has 0 aliphatic rings. The van der Waals surface area contributed by atoms with Crippen molar-refractivity contribution in [3.05, 3.63) is 12.8 Å². The van der Waals surface area contributed by atoms with Crippen LogP contribution in [-0.2, 0) is 34.0 Å². The largest absolute Gasteiger partial charge is 1.00 e. The standard InChI is InChI=1S/C4H6O5S2.Na/c1-2-8-4(5)3-9-11(6,7)10;/h2H,1,3H2,(H,6,7,10);/q;+1/p-1. The van der Waals surface area contributed by atoms with Crippen LogP contribution in [0.4, 0.5) is 0 Å². The van der Waals surface area contributed by atoms with Crippen LogP contribution in [0, 0.1) is 0 Å². The van der Waals surface area contributed by atoms with E-state index in [1.807, 2.05) is 0 Å². The van der Waals surface area contributed by atoms with E-state index in [9.17, 15) is 13.6 Å². The van der Waals surface area contributed by atoms with E-state index >= 15 is 0 Å². The van der Waals surface area contributed by atoms with E-state index in [0.29, 0.717) is 0 Å². The number of carbonyl (C=O) groups excluding carboxylic acids is 1. The van der Waals surface area contributed by atoms with E-state index in [-0.39, 0.29) is 29.6 Å². The summed E-state index contributed by atoms with van der Waals surface area (Å²) >= 11 is 3.80. The molecule has 1 unspecified atom stereocenters. The summed E-state index contributed by atoms with van der Waals surface area (Å²) in [6.45, 7) is 2.35. The molecule has 0 saturated heterocycles. The van der Waals surface area contributed by atoms with Gasteiger partial charge >= 0.3 is 35.5 Å². The molecule has 0 aromatic rings. The summed E-state index contributed by atoms with van der Waals surface area (Å²) in [6.07, 6.45) is 0.863. The first-order valence-corrected chi connectivity index (χ1v) is 4.69. The smallest absolute Gasteiger partial charge is 0.748 e. The molecule has 0 aliphatic heterocycles. The van der Waals surface area contributed by atoms with Crippen molar-refractivity contribution in [3.63, 3.8) is 0 Å². The average Bonchev–Trinajstić information content (AvgIpc) is 1.83. The monoisotopic (exact) mass is 220 g/mol. The minimum Gasteiger partial charge on any atom is -0.748 e. The average molecular weight is 220 g/mol. The fourth-order valence-corrected chi connectivity index (χ4v) is 0.632. The van der Waals surface area contributed by atoms with Crippen molar-refractivity contribution < 1.29 is 52.0 Å². The maximum Gasteiger partial charge on any atom is 1.00 e. The first kappa shape index (κ1) is 15.0. The van der Waals surface area contributed by atoms with Gasteiger partial charge in [-0.1, -0.05) is 6.58 Å². The summed E-state index contributed by atoms with van der Waals surface area (Å²) in [7, 11) is -3.99. The van der Waals surface area contributed by atoms with E-state index in [0.717, 1.165) is 6.26 Å². The van der Waals surface area contributed by atoms with E-state index in [1.165, 1.54) is 0 Å². The van der Waals surface area contributed by atoms with Gasteiger partial charge in [-0.05, 0) is 11.2 Å². The molecule has 0 saturated carbocycles. The second-order valence-electron chi connectivity index (χ2n) is 1.33. The molecule has 64 valence electrons. The molecule has 0 amide bonds. The zero-order chi connectivity index (χ0) is 8.91. The first-order valence-electron chi connectivity index (χ1n) is 2.36. The van der Waals surface area contributed by atoms with E-state index in [2.05, 4.69) is 26.7 Å². The van der Waals surface area contributed by atoms with Crippen molar-refractivity contribution in [1.82, 2.24) is 0 Å². The number of ether oxygens (including phenoxy) is 1. The summed E-state index contributed by atoms with van der Waals surface area (Å²) < 4.78 is 28.2. The van der Waals surface area contributed by atoms with Crippen LogP contribution in [-0.4, -0.2) is 21.3 Å². The molecular weight excluding hydrogens is 215 g/mol. The Labute approximate surface area is 97.1 Å². The molecule has 0 heterocycles. The third-order valence-electron chi connectivity index (χ3n) is 0.536. The van der Waals surface area contributed by atoms with Gasteiger partial charge in [-0.15, -0.1) is 0 Å². The van der Waals surface area contributed by atoms with Crippen LogP contribution in [0.3, 0.4) is 0 Å². The second-order valence-corrected chi connectivity index (χ2v) is 3.60. The molecule has 0 N–H and O–H groups in total. The van der Waals surface area contributed by atoms with E-state index in [1.54, 1.807) is 0 Å². The molecule has 0 radical (unpaired) electrons. The molecule has 12 heavy (non-hydrogen) atoms. The zero-order valence-electron chi connectivity index (χ0n) is 6.35. The number of carbonyl (C=O) groups is 1. The van der Waals surface area contributed by atoms with Gasteiger partial charge in [0.2, 0.25) is 0 Å². The first-order chi connectivity index (χ1) is 4.95. The Bertz CT molecular complexity index is 246. The van der Waals surface area contributed by atoms with Crippen molar-refractivity contribution in [2.24, 2.45) is 0 Å². The normalized spacial score (nSPS) is 13.8. The Balaban J connectivity index is 0. The fraction of sp³-hybridized carbons (Fsp3) is 0.250. The van der Waals surface area contributed by atoms with Crippen molar-refractivity contribution in [2.45, 2.75) is 0 Å². The summed E-state index contributed by atoms with van der Waals surface area (Å²) in [5, 5.41) is 0. The van der Waals surface area contributed by atoms with Gasteiger partial charge in [0.15, 0.2) is 6.61 Å². The topological polar surface area (TPSA) is 75.7 Å². The van der Waals surface area contributed by atoms with Gasteiger partial charge < -0.3 is 9.29 Å². The molecule has 0 spiro atoms. The van der Waals surface area contributed by atoms with Gasteiger partial charge in [0.05, 0.1) is 15.3 Å². The predicted molar refractivity (Wildman–Crippen MR) is 38.5 cm³/mol. The van der Waals surface area contributed by atoms with Gasteiger partial charge in [-0.3, -0.25) is 4.18 Å². The molecule has 0 aromatic heterocycles. The van der Waals surface area contributed by atoms with Crippen molar-refractivity contribution >= 4 is 26.2 Å². The molecule has 0 aliphatic carbocycles. The van der Waals surface area contributed by atoms with Crippen LogP contribution in [0.15, 0.2) is 12.8 Å².